The first-order valence-electron chi connectivity index (χ1n) is 10.0. The van der Waals surface area contributed by atoms with E-state index in [1.807, 2.05) is 53.2 Å². The molecule has 0 aliphatic heterocycles. The maximum absolute atomic E-state index is 13.1. The molecule has 0 fully saturated rings. The Bertz CT molecular complexity index is 1230. The topological polar surface area (TPSA) is 43.3 Å². The van der Waals surface area contributed by atoms with Crippen LogP contribution in [0.2, 0.25) is 0 Å². The Morgan fingerprint density at radius 2 is 1.78 bits per heavy atom. The Kier molecular flexibility index (Phi) is 6.01. The number of alkyl halides is 3. The van der Waals surface area contributed by atoms with Crippen molar-refractivity contribution in [2.45, 2.75) is 25.8 Å². The second-order valence-electron chi connectivity index (χ2n) is 7.43. The minimum Gasteiger partial charge on any atom is -0.427 e. The number of rotatable bonds is 6. The van der Waals surface area contributed by atoms with Gasteiger partial charge < -0.3 is 9.30 Å². The van der Waals surface area contributed by atoms with Gasteiger partial charge in [-0.1, -0.05) is 48.5 Å². The van der Waals surface area contributed by atoms with E-state index < -0.39 is 17.7 Å². The molecule has 0 aliphatic rings. The van der Waals surface area contributed by atoms with Crippen molar-refractivity contribution in [3.8, 4) is 5.75 Å². The highest BCUT2D eigenvalue weighted by Crippen LogP contribution is 2.30. The van der Waals surface area contributed by atoms with Gasteiger partial charge >= 0.3 is 12.1 Å². The van der Waals surface area contributed by atoms with Crippen LogP contribution in [-0.4, -0.2) is 10.5 Å². The van der Waals surface area contributed by atoms with Gasteiger partial charge in [0.05, 0.1) is 5.56 Å². The van der Waals surface area contributed by atoms with Crippen molar-refractivity contribution in [1.29, 1.82) is 0 Å². The van der Waals surface area contributed by atoms with E-state index in [1.165, 1.54) is 13.0 Å². The van der Waals surface area contributed by atoms with E-state index >= 15 is 0 Å². The highest BCUT2D eigenvalue weighted by Gasteiger charge is 2.30. The summed E-state index contributed by atoms with van der Waals surface area (Å²) in [6.07, 6.45) is -2.80. The molecular weight excluding hydrogens is 417 g/mol. The van der Waals surface area contributed by atoms with Crippen LogP contribution in [-0.2, 0) is 17.5 Å². The number of hydrogen-bond acceptors (Lipinski definition) is 3. The molecule has 4 nitrogen and oxygen atoms in total. The normalized spacial score (nSPS) is 12.6. The van der Waals surface area contributed by atoms with Crippen molar-refractivity contribution >= 4 is 16.9 Å². The van der Waals surface area contributed by atoms with Crippen molar-refractivity contribution in [2.75, 3.05) is 0 Å². The molecule has 32 heavy (non-hydrogen) atoms. The minimum atomic E-state index is -4.38. The minimum absolute atomic E-state index is 0.245. The van der Waals surface area contributed by atoms with E-state index in [0.29, 0.717) is 11.3 Å². The lowest BCUT2D eigenvalue weighted by Crippen LogP contribution is -2.27. The molecule has 4 aromatic rings. The van der Waals surface area contributed by atoms with Gasteiger partial charge in [0.15, 0.2) is 0 Å². The van der Waals surface area contributed by atoms with Crippen LogP contribution >= 0.6 is 0 Å². The average molecular weight is 438 g/mol. The first-order valence-corrected chi connectivity index (χ1v) is 10.0. The first-order chi connectivity index (χ1) is 15.3. The van der Waals surface area contributed by atoms with Gasteiger partial charge in [-0.15, -0.1) is 0 Å². The summed E-state index contributed by atoms with van der Waals surface area (Å²) in [6.45, 7) is 1.59. The van der Waals surface area contributed by atoms with Crippen LogP contribution in [0.4, 0.5) is 13.2 Å². The third-order valence-electron chi connectivity index (χ3n) is 5.10. The molecule has 3 aromatic carbocycles. The molecule has 0 bridgehead atoms. The number of benzene rings is 3. The summed E-state index contributed by atoms with van der Waals surface area (Å²) in [7, 11) is 0. The number of carbonyl (C=O) groups excluding carboxylic acids is 1. The summed E-state index contributed by atoms with van der Waals surface area (Å²) in [5.74, 6) is 0.0598. The van der Waals surface area contributed by atoms with Crippen molar-refractivity contribution in [1.82, 2.24) is 9.88 Å². The molecule has 1 heterocycles. The molecule has 0 spiro atoms. The molecule has 7 heteroatoms. The molecule has 0 radical (unpaired) electrons. The van der Waals surface area contributed by atoms with Gasteiger partial charge in [-0.2, -0.15) is 13.2 Å². The third kappa shape index (κ3) is 4.84. The summed E-state index contributed by atoms with van der Waals surface area (Å²) in [5, 5.41) is 4.26. The first kappa shape index (κ1) is 21.6. The number of hydrogen-bond donors (Lipinski definition) is 1. The Morgan fingerprint density at radius 3 is 2.50 bits per heavy atom. The van der Waals surface area contributed by atoms with Crippen molar-refractivity contribution < 1.29 is 22.7 Å². The van der Waals surface area contributed by atoms with Gasteiger partial charge in [0.2, 0.25) is 0 Å². The van der Waals surface area contributed by atoms with Gasteiger partial charge in [-0.25, -0.2) is 0 Å². The van der Waals surface area contributed by atoms with Gasteiger partial charge in [-0.05, 0) is 41.5 Å². The number of aromatic nitrogens is 1. The Balaban J connectivity index is 1.66. The van der Waals surface area contributed by atoms with Crippen LogP contribution in [0.1, 0.15) is 29.8 Å². The lowest BCUT2D eigenvalue weighted by atomic mass is 10.1. The highest BCUT2D eigenvalue weighted by molar-refractivity contribution is 5.83. The molecule has 1 unspecified atom stereocenters. The number of halogens is 3. The van der Waals surface area contributed by atoms with Crippen molar-refractivity contribution in [3.63, 3.8) is 0 Å². The van der Waals surface area contributed by atoms with Crippen molar-refractivity contribution in [2.24, 2.45) is 0 Å². The van der Waals surface area contributed by atoms with E-state index in [4.69, 9.17) is 4.74 Å². The van der Waals surface area contributed by atoms with E-state index in [2.05, 4.69) is 5.32 Å². The summed E-state index contributed by atoms with van der Waals surface area (Å²) < 4.78 is 46.4. The lowest BCUT2D eigenvalue weighted by molar-refractivity contribution is -0.137. The second-order valence-corrected chi connectivity index (χ2v) is 7.43. The lowest BCUT2D eigenvalue weighted by Gasteiger charge is -2.23. The van der Waals surface area contributed by atoms with Gasteiger partial charge in [-0.3, -0.25) is 10.1 Å². The van der Waals surface area contributed by atoms with Crippen LogP contribution in [0.3, 0.4) is 0 Å². The number of ether oxygens (including phenoxy) is 1. The van der Waals surface area contributed by atoms with Gasteiger partial charge in [0.25, 0.3) is 0 Å². The predicted molar refractivity (Wildman–Crippen MR) is 116 cm³/mol. The van der Waals surface area contributed by atoms with Gasteiger partial charge in [0, 0.05) is 30.6 Å². The summed E-state index contributed by atoms with van der Waals surface area (Å²) in [4.78, 5) is 11.2. The smallest absolute Gasteiger partial charge is 0.416 e. The number of esters is 1. The van der Waals surface area contributed by atoms with Crippen LogP contribution in [0.15, 0.2) is 85.1 Å². The quantitative estimate of drug-likeness (QED) is 0.300. The molecule has 1 atom stereocenters. The molecule has 0 saturated heterocycles. The number of carbonyl (C=O) groups is 1. The fraction of sp³-hybridized carbons (Fsp3) is 0.160. The second kappa shape index (κ2) is 8.88. The summed E-state index contributed by atoms with van der Waals surface area (Å²) in [6, 6.07) is 22.2. The molecule has 0 saturated carbocycles. The summed E-state index contributed by atoms with van der Waals surface area (Å²) in [5.41, 5.74) is 1.72. The zero-order valence-corrected chi connectivity index (χ0v) is 17.3. The van der Waals surface area contributed by atoms with E-state index in [9.17, 15) is 18.0 Å². The third-order valence-corrected chi connectivity index (χ3v) is 5.10. The van der Waals surface area contributed by atoms with Crippen LogP contribution in [0.5, 0.6) is 5.75 Å². The van der Waals surface area contributed by atoms with Crippen molar-refractivity contribution in [3.05, 3.63) is 102 Å². The molecule has 1 aromatic heterocycles. The Morgan fingerprint density at radius 1 is 1.00 bits per heavy atom. The predicted octanol–water partition coefficient (Wildman–Crippen LogP) is 5.92. The van der Waals surface area contributed by atoms with E-state index in [0.717, 1.165) is 28.6 Å². The fourth-order valence-corrected chi connectivity index (χ4v) is 3.68. The zero-order chi connectivity index (χ0) is 22.7. The summed E-state index contributed by atoms with van der Waals surface area (Å²) >= 11 is 0. The fourth-order valence-electron chi connectivity index (χ4n) is 3.68. The maximum Gasteiger partial charge on any atom is 0.416 e. The van der Waals surface area contributed by atoms with Gasteiger partial charge in [0.1, 0.15) is 11.9 Å². The molecule has 164 valence electrons. The maximum atomic E-state index is 13.1. The van der Waals surface area contributed by atoms with Crippen LogP contribution in [0.25, 0.3) is 10.9 Å². The monoisotopic (exact) mass is 438 g/mol. The zero-order valence-electron chi connectivity index (χ0n) is 17.3. The SMILES string of the molecule is CC(=O)Oc1ccc2c(ccn2C(NCc2cccc(C(F)(F)F)c2)c2ccccc2)c1. The highest BCUT2D eigenvalue weighted by atomic mass is 19.4. The average Bonchev–Trinajstić information content (AvgIpc) is 3.17. The number of nitrogens with one attached hydrogen (secondary N) is 1. The molecular formula is C25H21F3N2O2. The van der Waals surface area contributed by atoms with Crippen LogP contribution < -0.4 is 10.1 Å². The standard InChI is InChI=1S/C25H21F3N2O2/c1-17(31)32-22-10-11-23-20(15-22)12-13-30(23)24(19-7-3-2-4-8-19)29-16-18-6-5-9-21(14-18)25(26,27)28/h2-15,24,29H,16H2,1H3. The number of nitrogens with zero attached hydrogens (tertiary/aromatic N) is 1. The van der Waals surface area contributed by atoms with E-state index in [-0.39, 0.29) is 12.7 Å². The van der Waals surface area contributed by atoms with E-state index in [1.54, 1.807) is 18.2 Å². The molecule has 0 amide bonds. The molecule has 1 N–H and O–H groups in total. The molecule has 0 aliphatic carbocycles. The Labute approximate surface area is 183 Å². The Hall–Kier alpha value is -3.58. The number of fused-ring (bicyclic) bond motifs is 1. The largest absolute Gasteiger partial charge is 0.427 e. The van der Waals surface area contributed by atoms with Crippen LogP contribution in [0, 0.1) is 0 Å². The molecule has 4 rings (SSSR count).